The van der Waals surface area contributed by atoms with Gasteiger partial charge in [0.1, 0.15) is 11.5 Å². The van der Waals surface area contributed by atoms with Gasteiger partial charge in [-0.3, -0.25) is 0 Å². The molecule has 2 nitrogen and oxygen atoms in total. The van der Waals surface area contributed by atoms with Crippen molar-refractivity contribution >= 4 is 49.4 Å². The largest absolute Gasteiger partial charge is 0.455 e. The van der Waals surface area contributed by atoms with Gasteiger partial charge in [-0.2, -0.15) is 0 Å². The van der Waals surface area contributed by atoms with Crippen LogP contribution in [0.5, 0.6) is 11.5 Å². The molecule has 0 aromatic heterocycles. The van der Waals surface area contributed by atoms with Crippen molar-refractivity contribution in [3.05, 3.63) is 237 Å². The maximum Gasteiger partial charge on any atom is 0.143 e. The second-order valence-corrected chi connectivity index (χ2v) is 16.1. The van der Waals surface area contributed by atoms with Crippen LogP contribution in [0.2, 0.25) is 0 Å². The number of hydrogen-bond acceptors (Lipinski definition) is 2. The molecule has 0 unspecified atom stereocenters. The summed E-state index contributed by atoms with van der Waals surface area (Å²) in [7, 11) is 0. The van der Waals surface area contributed by atoms with E-state index in [1.807, 2.05) is 0 Å². The zero-order valence-corrected chi connectivity index (χ0v) is 33.9. The molecule has 12 rings (SSSR count). The molecule has 0 radical (unpaired) electrons. The summed E-state index contributed by atoms with van der Waals surface area (Å²) in [4.78, 5) is 2.36. The molecule has 1 heterocycles. The fourth-order valence-corrected chi connectivity index (χ4v) is 9.41. The first kappa shape index (κ1) is 35.7. The maximum absolute atomic E-state index is 7.07. The van der Waals surface area contributed by atoms with E-state index in [9.17, 15) is 0 Å². The molecule has 1 aliphatic rings. The molecule has 11 aromatic rings. The Labute approximate surface area is 361 Å². The first-order valence-electron chi connectivity index (χ1n) is 21.2. The molecule has 0 saturated carbocycles. The van der Waals surface area contributed by atoms with E-state index >= 15 is 0 Å². The van der Waals surface area contributed by atoms with Gasteiger partial charge in [-0.1, -0.05) is 176 Å². The van der Waals surface area contributed by atoms with Gasteiger partial charge >= 0.3 is 0 Å². The molecule has 0 bridgehead atoms. The van der Waals surface area contributed by atoms with Crippen LogP contribution in [0.3, 0.4) is 0 Å². The van der Waals surface area contributed by atoms with Crippen molar-refractivity contribution in [2.75, 3.05) is 4.90 Å². The van der Waals surface area contributed by atoms with Crippen molar-refractivity contribution in [3.8, 4) is 67.1 Å². The van der Waals surface area contributed by atoms with E-state index in [1.165, 1.54) is 54.9 Å². The third kappa shape index (κ3) is 6.12. The predicted molar refractivity (Wildman–Crippen MR) is 261 cm³/mol. The summed E-state index contributed by atoms with van der Waals surface area (Å²) in [5, 5.41) is 7.28. The van der Waals surface area contributed by atoms with Crippen LogP contribution in [0, 0.1) is 0 Å². The van der Waals surface area contributed by atoms with Gasteiger partial charge in [0.15, 0.2) is 0 Å². The lowest BCUT2D eigenvalue weighted by Gasteiger charge is -2.27. The molecule has 2 heteroatoms. The van der Waals surface area contributed by atoms with Crippen molar-refractivity contribution < 1.29 is 4.74 Å². The summed E-state index contributed by atoms with van der Waals surface area (Å²) in [6.45, 7) is 0. The maximum atomic E-state index is 7.07. The Hall–Kier alpha value is -8.20. The molecule has 0 saturated heterocycles. The Morgan fingerprint density at radius 3 is 1.52 bits per heavy atom. The van der Waals surface area contributed by atoms with Gasteiger partial charge in [-0.15, -0.1) is 0 Å². The van der Waals surface area contributed by atoms with Crippen LogP contribution in [-0.4, -0.2) is 0 Å². The minimum Gasteiger partial charge on any atom is -0.455 e. The number of rotatable bonds is 6. The van der Waals surface area contributed by atoms with Crippen molar-refractivity contribution in [3.63, 3.8) is 0 Å². The molecule has 0 N–H and O–H groups in total. The zero-order valence-electron chi connectivity index (χ0n) is 33.9. The Morgan fingerprint density at radius 2 is 0.790 bits per heavy atom. The second kappa shape index (κ2) is 14.8. The summed E-state index contributed by atoms with van der Waals surface area (Å²) >= 11 is 0. The Balaban J connectivity index is 1.03. The Bertz CT molecular complexity index is 3460. The highest BCUT2D eigenvalue weighted by atomic mass is 16.5. The number of benzene rings is 11. The van der Waals surface area contributed by atoms with Gasteiger partial charge < -0.3 is 9.64 Å². The molecule has 290 valence electrons. The highest BCUT2D eigenvalue weighted by molar-refractivity contribution is 6.14. The lowest BCUT2D eigenvalue weighted by atomic mass is 9.90. The van der Waals surface area contributed by atoms with E-state index in [-0.39, 0.29) is 0 Å². The third-order valence-corrected chi connectivity index (χ3v) is 12.5. The van der Waals surface area contributed by atoms with Crippen molar-refractivity contribution in [2.24, 2.45) is 0 Å². The van der Waals surface area contributed by atoms with Crippen molar-refractivity contribution in [1.82, 2.24) is 0 Å². The van der Waals surface area contributed by atoms with E-state index in [4.69, 9.17) is 4.74 Å². The highest BCUT2D eigenvalue weighted by Crippen LogP contribution is 2.52. The SMILES string of the molecule is c1ccc(-c2ccc(N(c3ccc(-c4cc5ccccc5c5ccccc45)cc3)c3ccc4c(c3)-c3ccc(-c5ccccc5)cc3-c3ccc5ccccc5c3O4)cc2)cc1. The number of nitrogens with zero attached hydrogens (tertiary/aromatic N) is 1. The summed E-state index contributed by atoms with van der Waals surface area (Å²) in [6, 6.07) is 85.4. The van der Waals surface area contributed by atoms with Gasteiger partial charge in [0.25, 0.3) is 0 Å². The van der Waals surface area contributed by atoms with Gasteiger partial charge in [0.05, 0.1) is 0 Å². The molecular weight excluding hydrogens is 751 g/mol. The molecule has 1 aliphatic heterocycles. The Kier molecular flexibility index (Phi) is 8.53. The first-order chi connectivity index (χ1) is 30.7. The summed E-state index contributed by atoms with van der Waals surface area (Å²) in [6.07, 6.45) is 0. The average molecular weight is 790 g/mol. The summed E-state index contributed by atoms with van der Waals surface area (Å²) < 4.78 is 7.07. The van der Waals surface area contributed by atoms with Crippen molar-refractivity contribution in [2.45, 2.75) is 0 Å². The van der Waals surface area contributed by atoms with E-state index in [0.29, 0.717) is 0 Å². The van der Waals surface area contributed by atoms with Crippen LogP contribution in [-0.2, 0) is 0 Å². The molecule has 62 heavy (non-hydrogen) atoms. The normalized spacial score (nSPS) is 11.7. The van der Waals surface area contributed by atoms with E-state index in [1.54, 1.807) is 0 Å². The summed E-state index contributed by atoms with van der Waals surface area (Å²) in [5.41, 5.74) is 14.7. The topological polar surface area (TPSA) is 12.5 Å². The van der Waals surface area contributed by atoms with E-state index in [2.05, 4.69) is 241 Å². The fourth-order valence-electron chi connectivity index (χ4n) is 9.41. The first-order valence-corrected chi connectivity index (χ1v) is 21.2. The predicted octanol–water partition coefficient (Wildman–Crippen LogP) is 17.1. The molecule has 11 aromatic carbocycles. The van der Waals surface area contributed by atoms with E-state index < -0.39 is 0 Å². The van der Waals surface area contributed by atoms with Crippen LogP contribution in [0.15, 0.2) is 237 Å². The van der Waals surface area contributed by atoms with Gasteiger partial charge in [-0.05, 0) is 132 Å². The number of fused-ring (bicyclic) bond motifs is 10. The van der Waals surface area contributed by atoms with Crippen molar-refractivity contribution in [1.29, 1.82) is 0 Å². The van der Waals surface area contributed by atoms with Crippen LogP contribution in [0.1, 0.15) is 0 Å². The molecule has 0 amide bonds. The second-order valence-electron chi connectivity index (χ2n) is 16.1. The lowest BCUT2D eigenvalue weighted by molar-refractivity contribution is 0.493. The smallest absolute Gasteiger partial charge is 0.143 e. The van der Waals surface area contributed by atoms with Gasteiger partial charge in [-0.25, -0.2) is 0 Å². The Morgan fingerprint density at radius 1 is 0.258 bits per heavy atom. The number of anilines is 3. The van der Waals surface area contributed by atoms with E-state index in [0.717, 1.165) is 61.6 Å². The number of ether oxygens (including phenoxy) is 1. The van der Waals surface area contributed by atoms with Gasteiger partial charge in [0, 0.05) is 33.6 Å². The molecular formula is C60H39NO. The molecule has 0 spiro atoms. The minimum atomic E-state index is 0.829. The molecule has 0 fully saturated rings. The van der Waals surface area contributed by atoms with Crippen LogP contribution < -0.4 is 9.64 Å². The van der Waals surface area contributed by atoms with Crippen LogP contribution in [0.25, 0.3) is 88.0 Å². The van der Waals surface area contributed by atoms with Crippen LogP contribution in [0.4, 0.5) is 17.1 Å². The van der Waals surface area contributed by atoms with Crippen LogP contribution >= 0.6 is 0 Å². The fraction of sp³-hybridized carbons (Fsp3) is 0. The standard InChI is InChI=1S/C60H39NO/c1-3-13-40(14-4-1)42-23-29-47(30-24-42)61(48-31-25-44(26-32-48)56-38-46-18-8-9-19-50(46)52-21-11-12-22-53(52)56)49-33-36-59-58(39-49)54-34-28-45(41-15-5-2-6-16-41)37-57(54)55-35-27-43-17-7-10-20-51(43)60(55)62-59/h1-39H. The van der Waals surface area contributed by atoms with Gasteiger partial charge in [0.2, 0.25) is 0 Å². The third-order valence-electron chi connectivity index (χ3n) is 12.5. The zero-order chi connectivity index (χ0) is 41.0. The molecule has 0 atom stereocenters. The minimum absolute atomic E-state index is 0.829. The highest BCUT2D eigenvalue weighted by Gasteiger charge is 2.25. The monoisotopic (exact) mass is 789 g/mol. The molecule has 0 aliphatic carbocycles. The average Bonchev–Trinajstić information content (AvgIpc) is 3.49. The lowest BCUT2D eigenvalue weighted by Crippen LogP contribution is -2.10. The quantitative estimate of drug-likeness (QED) is 0.156. The number of hydrogen-bond donors (Lipinski definition) is 0. The summed E-state index contributed by atoms with van der Waals surface area (Å²) in [5.74, 6) is 1.71.